The van der Waals surface area contributed by atoms with Gasteiger partial charge in [0.25, 0.3) is 0 Å². The van der Waals surface area contributed by atoms with Crippen molar-refractivity contribution >= 4 is 10.8 Å². The lowest BCUT2D eigenvalue weighted by molar-refractivity contribution is 1.65. The van der Waals surface area contributed by atoms with Crippen molar-refractivity contribution in [3.05, 3.63) is 84.9 Å². The molecular formula is C22H13. The summed E-state index contributed by atoms with van der Waals surface area (Å²) in [5.74, 6) is 0. The zero-order valence-electron chi connectivity index (χ0n) is 12.0. The summed E-state index contributed by atoms with van der Waals surface area (Å²) in [5, 5.41) is 2.70. The molecule has 4 aromatic carbocycles. The first-order valence-electron chi connectivity index (χ1n) is 7.55. The van der Waals surface area contributed by atoms with Crippen molar-refractivity contribution in [2.45, 2.75) is 0 Å². The molecule has 0 unspecified atom stereocenters. The van der Waals surface area contributed by atoms with Crippen LogP contribution in [0.15, 0.2) is 78.9 Å². The van der Waals surface area contributed by atoms with Gasteiger partial charge in [-0.25, -0.2) is 0 Å². The fourth-order valence-corrected chi connectivity index (χ4v) is 3.61. The summed E-state index contributed by atoms with van der Waals surface area (Å²) in [7, 11) is 0. The Morgan fingerprint density at radius 3 is 2.27 bits per heavy atom. The molecule has 0 heterocycles. The van der Waals surface area contributed by atoms with Gasteiger partial charge in [0.1, 0.15) is 0 Å². The number of hydrogen-bond acceptors (Lipinski definition) is 0. The molecule has 0 aliphatic heterocycles. The normalized spacial score (nSPS) is 11.6. The molecule has 0 N–H and O–H groups in total. The maximum absolute atomic E-state index is 3.22. The average molecular weight is 277 g/mol. The van der Waals surface area contributed by atoms with Crippen molar-refractivity contribution in [2.75, 3.05) is 0 Å². The number of hydrogen-bond donors (Lipinski definition) is 0. The highest BCUT2D eigenvalue weighted by Crippen LogP contribution is 2.48. The van der Waals surface area contributed by atoms with Crippen LogP contribution < -0.4 is 0 Å². The number of fused-ring (bicyclic) bond motifs is 3. The smallest absolute Gasteiger partial charge is 0.00201 e. The molecule has 0 aromatic heterocycles. The number of benzene rings is 4. The van der Waals surface area contributed by atoms with Gasteiger partial charge in [-0.3, -0.25) is 0 Å². The van der Waals surface area contributed by atoms with E-state index in [2.05, 4.69) is 78.9 Å². The van der Waals surface area contributed by atoms with Gasteiger partial charge in [0.15, 0.2) is 0 Å². The van der Waals surface area contributed by atoms with Crippen LogP contribution in [0.25, 0.3) is 44.2 Å². The minimum atomic E-state index is 1.27. The quantitative estimate of drug-likeness (QED) is 0.355. The first-order valence-corrected chi connectivity index (χ1v) is 7.55. The van der Waals surface area contributed by atoms with Gasteiger partial charge in [0.2, 0.25) is 0 Å². The summed E-state index contributed by atoms with van der Waals surface area (Å²) in [5.41, 5.74) is 7.87. The fraction of sp³-hybridized carbons (Fsp3) is 0. The topological polar surface area (TPSA) is 0 Å². The Bertz CT molecular complexity index is 981. The summed E-state index contributed by atoms with van der Waals surface area (Å²) in [6.45, 7) is 0. The fourth-order valence-electron chi connectivity index (χ4n) is 3.61. The van der Waals surface area contributed by atoms with E-state index in [1.165, 1.54) is 44.2 Å². The molecule has 22 heavy (non-hydrogen) atoms. The van der Waals surface area contributed by atoms with Crippen LogP contribution in [0.1, 0.15) is 0 Å². The Kier molecular flexibility index (Phi) is 2.31. The molecule has 0 amide bonds. The van der Waals surface area contributed by atoms with Gasteiger partial charge in [-0.1, -0.05) is 72.8 Å². The highest BCUT2D eigenvalue weighted by Gasteiger charge is 2.21. The summed E-state index contributed by atoms with van der Waals surface area (Å²) in [4.78, 5) is 0. The zero-order valence-corrected chi connectivity index (χ0v) is 12.0. The van der Waals surface area contributed by atoms with Crippen LogP contribution in [0.4, 0.5) is 0 Å². The highest BCUT2D eigenvalue weighted by atomic mass is 14.2. The Hall–Kier alpha value is -2.86. The van der Waals surface area contributed by atoms with E-state index in [9.17, 15) is 0 Å². The molecule has 1 aliphatic rings. The van der Waals surface area contributed by atoms with E-state index in [1.54, 1.807) is 0 Å². The molecule has 5 rings (SSSR count). The molecule has 0 fully saturated rings. The lowest BCUT2D eigenvalue weighted by atomic mass is 9.94. The van der Waals surface area contributed by atoms with Crippen LogP contribution in [0, 0.1) is 6.07 Å². The predicted molar refractivity (Wildman–Crippen MR) is 92.7 cm³/mol. The Labute approximate surface area is 129 Å². The Balaban J connectivity index is 1.92. The van der Waals surface area contributed by atoms with Gasteiger partial charge in [-0.15, -0.1) is 0 Å². The van der Waals surface area contributed by atoms with Crippen molar-refractivity contribution < 1.29 is 0 Å². The third-order valence-corrected chi connectivity index (χ3v) is 4.57. The van der Waals surface area contributed by atoms with E-state index >= 15 is 0 Å². The number of rotatable bonds is 1. The molecule has 0 nitrogen and oxygen atoms in total. The third-order valence-electron chi connectivity index (χ3n) is 4.57. The molecule has 0 bridgehead atoms. The van der Waals surface area contributed by atoms with Crippen LogP contribution in [0.3, 0.4) is 0 Å². The highest BCUT2D eigenvalue weighted by molar-refractivity contribution is 6.18. The van der Waals surface area contributed by atoms with Gasteiger partial charge in [0.05, 0.1) is 0 Å². The second-order valence-electron chi connectivity index (χ2n) is 5.73. The summed E-state index contributed by atoms with van der Waals surface area (Å²) in [6.07, 6.45) is 0. The van der Waals surface area contributed by atoms with Gasteiger partial charge < -0.3 is 0 Å². The zero-order chi connectivity index (χ0) is 14.5. The molecule has 1 radical (unpaired) electrons. The molecule has 0 spiro atoms. The Morgan fingerprint density at radius 1 is 0.545 bits per heavy atom. The van der Waals surface area contributed by atoms with Gasteiger partial charge >= 0.3 is 0 Å². The van der Waals surface area contributed by atoms with Crippen molar-refractivity contribution in [2.24, 2.45) is 0 Å². The van der Waals surface area contributed by atoms with E-state index in [-0.39, 0.29) is 0 Å². The van der Waals surface area contributed by atoms with Crippen LogP contribution >= 0.6 is 0 Å². The molecule has 101 valence electrons. The van der Waals surface area contributed by atoms with E-state index in [1.807, 2.05) is 6.07 Å². The maximum atomic E-state index is 3.22. The summed E-state index contributed by atoms with van der Waals surface area (Å²) >= 11 is 0. The van der Waals surface area contributed by atoms with Crippen LogP contribution in [-0.2, 0) is 0 Å². The minimum absolute atomic E-state index is 1.27. The van der Waals surface area contributed by atoms with Crippen molar-refractivity contribution in [1.82, 2.24) is 0 Å². The van der Waals surface area contributed by atoms with Crippen LogP contribution in [0.2, 0.25) is 0 Å². The Morgan fingerprint density at radius 2 is 1.36 bits per heavy atom. The van der Waals surface area contributed by atoms with Crippen molar-refractivity contribution in [3.8, 4) is 33.4 Å². The first-order chi connectivity index (χ1) is 10.9. The second kappa shape index (κ2) is 4.32. The van der Waals surface area contributed by atoms with Gasteiger partial charge in [-0.05, 0) is 56.3 Å². The average Bonchev–Trinajstić information content (AvgIpc) is 2.93. The van der Waals surface area contributed by atoms with Crippen molar-refractivity contribution in [3.63, 3.8) is 0 Å². The first kappa shape index (κ1) is 11.8. The van der Waals surface area contributed by atoms with Crippen LogP contribution in [-0.4, -0.2) is 0 Å². The van der Waals surface area contributed by atoms with E-state index in [4.69, 9.17) is 0 Å². The SMILES string of the molecule is [c]1ccc2c(c1)-c1ccc(-c3ccccc3)c3cccc-2c13. The minimum Gasteiger partial charge on any atom is -0.0622 e. The molecule has 4 aromatic rings. The summed E-state index contributed by atoms with van der Waals surface area (Å²) in [6, 6.07) is 31.3. The molecule has 1 aliphatic carbocycles. The van der Waals surface area contributed by atoms with Crippen LogP contribution in [0.5, 0.6) is 0 Å². The molecule has 0 saturated heterocycles. The maximum Gasteiger partial charge on any atom is -0.00201 e. The molecular weight excluding hydrogens is 264 g/mol. The van der Waals surface area contributed by atoms with E-state index in [0.29, 0.717) is 0 Å². The second-order valence-corrected chi connectivity index (χ2v) is 5.73. The molecule has 0 saturated carbocycles. The van der Waals surface area contributed by atoms with E-state index in [0.717, 1.165) is 0 Å². The predicted octanol–water partition coefficient (Wildman–Crippen LogP) is 5.95. The van der Waals surface area contributed by atoms with Gasteiger partial charge in [-0.2, -0.15) is 0 Å². The monoisotopic (exact) mass is 277 g/mol. The third kappa shape index (κ3) is 1.47. The lowest BCUT2D eigenvalue weighted by Crippen LogP contribution is -1.82. The molecule has 0 atom stereocenters. The van der Waals surface area contributed by atoms with E-state index < -0.39 is 0 Å². The van der Waals surface area contributed by atoms with Crippen molar-refractivity contribution in [1.29, 1.82) is 0 Å². The summed E-state index contributed by atoms with van der Waals surface area (Å²) < 4.78 is 0. The standard InChI is InChI=1S/C22H13/c1-2-7-15(8-3-1)16-13-14-21-18-10-5-4-9-17(18)20-12-6-11-19(16)22(20)21/h1-4,6-14H. The van der Waals surface area contributed by atoms with Gasteiger partial charge in [0, 0.05) is 0 Å². The largest absolute Gasteiger partial charge is 0.0622 e. The molecule has 0 heteroatoms. The lowest BCUT2D eigenvalue weighted by Gasteiger charge is -2.09.